The van der Waals surface area contributed by atoms with Crippen LogP contribution in [0.3, 0.4) is 0 Å². The molecule has 0 amide bonds. The number of hydrogen-bond acceptors (Lipinski definition) is 7. The van der Waals surface area contributed by atoms with E-state index < -0.39 is 42.6 Å². The second-order valence-corrected chi connectivity index (χ2v) is 7.66. The third-order valence-electron chi connectivity index (χ3n) is 5.46. The molecule has 7 nitrogen and oxygen atoms in total. The Morgan fingerprint density at radius 2 is 1.59 bits per heavy atom. The van der Waals surface area contributed by atoms with Crippen LogP contribution in [0.2, 0.25) is 0 Å². The first kappa shape index (κ1) is 24.3. The maximum Gasteiger partial charge on any atom is 0.187 e. The van der Waals surface area contributed by atoms with Crippen LogP contribution in [0.4, 0.5) is 0 Å². The lowest BCUT2D eigenvalue weighted by Gasteiger charge is -2.49. The van der Waals surface area contributed by atoms with Gasteiger partial charge in [0.2, 0.25) is 0 Å². The second-order valence-electron chi connectivity index (χ2n) is 7.66. The van der Waals surface area contributed by atoms with Crippen molar-refractivity contribution < 1.29 is 34.0 Å². The lowest BCUT2D eigenvalue weighted by atomic mass is 9.81. The molecule has 5 atom stereocenters. The van der Waals surface area contributed by atoms with E-state index in [1.54, 1.807) is 6.08 Å². The zero-order valence-corrected chi connectivity index (χ0v) is 18.1. The van der Waals surface area contributed by atoms with E-state index in [0.717, 1.165) is 11.1 Å². The number of hydrogen-bond donors (Lipinski definition) is 2. The quantitative estimate of drug-likeness (QED) is 0.516. The van der Waals surface area contributed by atoms with Crippen LogP contribution in [0, 0.1) is 0 Å². The van der Waals surface area contributed by atoms with Gasteiger partial charge in [-0.3, -0.25) is 4.79 Å². The smallest absolute Gasteiger partial charge is 0.187 e. The molecule has 32 heavy (non-hydrogen) atoms. The molecule has 7 heteroatoms. The summed E-state index contributed by atoms with van der Waals surface area (Å²) in [6.45, 7) is 4.75. The summed E-state index contributed by atoms with van der Waals surface area (Å²) < 4.78 is 23.8. The van der Waals surface area contributed by atoms with Crippen LogP contribution >= 0.6 is 0 Å². The molecule has 1 fully saturated rings. The Morgan fingerprint density at radius 1 is 1.03 bits per heavy atom. The fraction of sp³-hybridized carbons (Fsp3) is 0.400. The lowest BCUT2D eigenvalue weighted by molar-refractivity contribution is -0.337. The first-order valence-electron chi connectivity index (χ1n) is 10.5. The summed E-state index contributed by atoms with van der Waals surface area (Å²) >= 11 is 0. The van der Waals surface area contributed by atoms with Crippen molar-refractivity contribution in [2.24, 2.45) is 0 Å². The van der Waals surface area contributed by atoms with Crippen LogP contribution in [0.1, 0.15) is 18.1 Å². The van der Waals surface area contributed by atoms with Gasteiger partial charge in [-0.2, -0.15) is 0 Å². The molecule has 0 radical (unpaired) electrons. The molecule has 1 saturated heterocycles. The monoisotopic (exact) mass is 442 g/mol. The molecule has 2 aromatic rings. The first-order chi connectivity index (χ1) is 15.5. The van der Waals surface area contributed by atoms with E-state index >= 15 is 0 Å². The van der Waals surface area contributed by atoms with Gasteiger partial charge in [0.25, 0.3) is 0 Å². The SMILES string of the molecule is C=CCO[C@H]1O[C@H](CO)[C@](O)(C(C)=O)[C@H](OCc2ccccc2)[C@H]1OCc1ccccc1. The Balaban J connectivity index is 1.92. The number of Topliss-reactive ketones (excluding diaryl/α,β-unsaturated/α-hetero) is 1. The third-order valence-corrected chi connectivity index (χ3v) is 5.46. The topological polar surface area (TPSA) is 94.5 Å². The Kier molecular flexibility index (Phi) is 8.69. The van der Waals surface area contributed by atoms with Gasteiger partial charge in [0.1, 0.15) is 18.3 Å². The van der Waals surface area contributed by atoms with E-state index in [-0.39, 0.29) is 19.8 Å². The molecule has 3 rings (SSSR count). The molecule has 0 spiro atoms. The van der Waals surface area contributed by atoms with Gasteiger partial charge < -0.3 is 29.2 Å². The summed E-state index contributed by atoms with van der Waals surface area (Å²) in [7, 11) is 0. The maximum absolute atomic E-state index is 12.6. The first-order valence-corrected chi connectivity index (χ1v) is 10.5. The van der Waals surface area contributed by atoms with Gasteiger partial charge in [-0.1, -0.05) is 66.7 Å². The van der Waals surface area contributed by atoms with Crippen LogP contribution in [0.25, 0.3) is 0 Å². The van der Waals surface area contributed by atoms with Gasteiger partial charge in [0.05, 0.1) is 26.4 Å². The Bertz CT molecular complexity index is 857. The summed E-state index contributed by atoms with van der Waals surface area (Å²) in [5.41, 5.74) is -0.373. The molecule has 1 aliphatic rings. The van der Waals surface area contributed by atoms with Gasteiger partial charge in [-0.05, 0) is 18.1 Å². The van der Waals surface area contributed by atoms with Crippen molar-refractivity contribution >= 4 is 5.78 Å². The normalized spacial score (nSPS) is 27.7. The second kappa shape index (κ2) is 11.5. The van der Waals surface area contributed by atoms with Gasteiger partial charge in [0.15, 0.2) is 17.7 Å². The van der Waals surface area contributed by atoms with Crippen LogP contribution in [-0.2, 0) is 37.0 Å². The molecule has 0 bridgehead atoms. The highest BCUT2D eigenvalue weighted by atomic mass is 16.7. The Labute approximate surface area is 188 Å². The molecule has 0 saturated carbocycles. The zero-order valence-electron chi connectivity index (χ0n) is 18.1. The highest BCUT2D eigenvalue weighted by molar-refractivity contribution is 5.86. The van der Waals surface area contributed by atoms with E-state index in [2.05, 4.69) is 6.58 Å². The Morgan fingerprint density at radius 3 is 2.09 bits per heavy atom. The molecule has 0 unspecified atom stereocenters. The number of rotatable bonds is 11. The van der Waals surface area contributed by atoms with Crippen molar-refractivity contribution in [3.05, 3.63) is 84.4 Å². The minimum absolute atomic E-state index is 0.124. The van der Waals surface area contributed by atoms with Crippen molar-refractivity contribution in [3.63, 3.8) is 0 Å². The number of ketones is 1. The number of carbonyl (C=O) groups is 1. The largest absolute Gasteiger partial charge is 0.394 e. The number of aliphatic hydroxyl groups excluding tert-OH is 1. The average Bonchev–Trinajstić information content (AvgIpc) is 2.82. The summed E-state index contributed by atoms with van der Waals surface area (Å²) in [5.74, 6) is -0.593. The van der Waals surface area contributed by atoms with Crippen LogP contribution in [0.15, 0.2) is 73.3 Å². The fourth-order valence-electron chi connectivity index (χ4n) is 3.74. The molecule has 0 aromatic heterocycles. The van der Waals surface area contributed by atoms with Crippen molar-refractivity contribution in [1.29, 1.82) is 0 Å². The maximum atomic E-state index is 12.6. The summed E-state index contributed by atoms with van der Waals surface area (Å²) in [4.78, 5) is 12.6. The summed E-state index contributed by atoms with van der Waals surface area (Å²) in [6, 6.07) is 18.9. The predicted octanol–water partition coefficient (Wildman–Crippen LogP) is 2.40. The third kappa shape index (κ3) is 5.50. The predicted molar refractivity (Wildman–Crippen MR) is 118 cm³/mol. The lowest BCUT2D eigenvalue weighted by Crippen LogP contribution is -2.71. The van der Waals surface area contributed by atoms with Gasteiger partial charge in [-0.25, -0.2) is 0 Å². The van der Waals surface area contributed by atoms with Crippen molar-refractivity contribution in [1.82, 2.24) is 0 Å². The summed E-state index contributed by atoms with van der Waals surface area (Å²) in [5, 5.41) is 21.3. The fourth-order valence-corrected chi connectivity index (χ4v) is 3.74. The molecule has 1 heterocycles. The number of aliphatic hydroxyl groups is 2. The minimum atomic E-state index is -2.13. The van der Waals surface area contributed by atoms with Gasteiger partial charge >= 0.3 is 0 Å². The zero-order chi connectivity index (χ0) is 23.0. The van der Waals surface area contributed by atoms with Crippen molar-refractivity contribution in [3.8, 4) is 0 Å². The van der Waals surface area contributed by atoms with E-state index in [1.165, 1.54) is 6.92 Å². The molecular formula is C25H30O7. The standard InChI is InChI=1S/C25H30O7/c1-3-14-29-24-22(30-16-19-10-6-4-7-11-19)23(31-17-20-12-8-5-9-13-20)25(28,18(2)27)21(15-26)32-24/h3-13,21-24,26,28H,1,14-17H2,2H3/t21-,22-,23-,24+,25-/m1/s1. The van der Waals surface area contributed by atoms with Crippen LogP contribution < -0.4 is 0 Å². The molecule has 172 valence electrons. The van der Waals surface area contributed by atoms with Crippen LogP contribution in [0.5, 0.6) is 0 Å². The van der Waals surface area contributed by atoms with Crippen molar-refractivity contribution in [2.75, 3.05) is 13.2 Å². The summed E-state index contributed by atoms with van der Waals surface area (Å²) in [6.07, 6.45) is -2.78. The van der Waals surface area contributed by atoms with E-state index in [0.29, 0.717) is 0 Å². The molecule has 2 aromatic carbocycles. The molecule has 1 aliphatic heterocycles. The molecular weight excluding hydrogens is 412 g/mol. The Hall–Kier alpha value is -2.39. The number of ether oxygens (including phenoxy) is 4. The average molecular weight is 443 g/mol. The van der Waals surface area contributed by atoms with Gasteiger partial charge in [0, 0.05) is 0 Å². The molecule has 2 N–H and O–H groups in total. The van der Waals surface area contributed by atoms with E-state index in [4.69, 9.17) is 18.9 Å². The van der Waals surface area contributed by atoms with Crippen LogP contribution in [-0.4, -0.2) is 59.4 Å². The number of carbonyl (C=O) groups excluding carboxylic acids is 1. The van der Waals surface area contributed by atoms with E-state index in [9.17, 15) is 15.0 Å². The van der Waals surface area contributed by atoms with Crippen molar-refractivity contribution in [2.45, 2.75) is 50.3 Å². The number of benzene rings is 2. The minimum Gasteiger partial charge on any atom is -0.394 e. The highest BCUT2D eigenvalue weighted by Crippen LogP contribution is 2.36. The highest BCUT2D eigenvalue weighted by Gasteiger charge is 2.60. The van der Waals surface area contributed by atoms with Gasteiger partial charge in [-0.15, -0.1) is 6.58 Å². The van der Waals surface area contributed by atoms with E-state index in [1.807, 2.05) is 60.7 Å². The molecule has 0 aliphatic carbocycles.